The van der Waals surface area contributed by atoms with Crippen LogP contribution in [0.2, 0.25) is 0 Å². The molecular formula is C31H43ClN2O4. The Morgan fingerprint density at radius 1 is 0.658 bits per heavy atom. The lowest BCUT2D eigenvalue weighted by molar-refractivity contribution is -0.242. The van der Waals surface area contributed by atoms with E-state index in [1.54, 1.807) is 7.11 Å². The number of nitrogens with two attached hydrogens (primary N) is 1. The molecule has 14 saturated carbocycles. The van der Waals surface area contributed by atoms with Gasteiger partial charge in [-0.1, -0.05) is 0 Å². The third-order valence-electron chi connectivity index (χ3n) is 15.4. The second-order valence-corrected chi connectivity index (χ2v) is 16.7. The van der Waals surface area contributed by atoms with Crippen molar-refractivity contribution in [2.75, 3.05) is 7.11 Å². The minimum atomic E-state index is -0.509. The number of aliphatic carboxylic acids is 1. The summed E-state index contributed by atoms with van der Waals surface area (Å²) in [6.45, 7) is 0. The van der Waals surface area contributed by atoms with Gasteiger partial charge in [0, 0.05) is 11.1 Å². The van der Waals surface area contributed by atoms with Gasteiger partial charge in [-0.25, -0.2) is 4.84 Å². The number of halogens is 1. The molecule has 0 heterocycles. The van der Waals surface area contributed by atoms with Crippen molar-refractivity contribution < 1.29 is 19.4 Å². The molecule has 0 aromatic heterocycles. The summed E-state index contributed by atoms with van der Waals surface area (Å²) < 4.78 is 5.16. The number of hydrogen-bond acceptors (Lipinski definition) is 5. The average molecular weight is 543 g/mol. The molecule has 14 rings (SSSR count). The van der Waals surface area contributed by atoms with Gasteiger partial charge in [0.25, 0.3) is 0 Å². The molecule has 7 heteroatoms. The zero-order valence-corrected chi connectivity index (χ0v) is 23.3. The second-order valence-electron chi connectivity index (χ2n) is 16.5. The Labute approximate surface area is 230 Å². The number of carbonyl (C=O) groups excluding carboxylic acids is 1. The van der Waals surface area contributed by atoms with Gasteiger partial charge in [0.1, 0.15) is 0 Å². The van der Waals surface area contributed by atoms with Gasteiger partial charge in [-0.15, -0.1) is 0 Å². The van der Waals surface area contributed by atoms with Crippen LogP contribution in [0.5, 0.6) is 0 Å². The van der Waals surface area contributed by atoms with Gasteiger partial charge >= 0.3 is 11.9 Å². The third kappa shape index (κ3) is 2.66. The quantitative estimate of drug-likeness (QED) is 0.356. The fourth-order valence-corrected chi connectivity index (χ4v) is 15.0. The number of carboxylic acid groups (broad SMARTS) is 1. The number of methoxy groups -OCH3 is 1. The summed E-state index contributed by atoms with van der Waals surface area (Å²) >= 11 is 6.07. The van der Waals surface area contributed by atoms with Crippen LogP contribution in [-0.2, 0) is 14.3 Å². The van der Waals surface area contributed by atoms with Gasteiger partial charge in [-0.3, -0.25) is 9.59 Å². The Morgan fingerprint density at radius 2 is 0.974 bits per heavy atom. The largest absolute Gasteiger partial charge is 0.481 e. The van der Waals surface area contributed by atoms with Crippen LogP contribution in [0, 0.1) is 81.8 Å². The fraction of sp³-hybridized carbons (Fsp3) is 0.935. The van der Waals surface area contributed by atoms with Crippen molar-refractivity contribution in [3.05, 3.63) is 0 Å². The van der Waals surface area contributed by atoms with E-state index in [0.29, 0.717) is 17.8 Å². The summed E-state index contributed by atoms with van der Waals surface area (Å²) in [5.41, 5.74) is 6.52. The molecule has 0 aromatic rings. The molecule has 0 amide bonds. The molecule has 208 valence electrons. The molecule has 14 aliphatic carbocycles. The first-order valence-corrected chi connectivity index (χ1v) is 16.0. The smallest absolute Gasteiger partial charge is 0.311 e. The lowest BCUT2D eigenvalue weighted by atomic mass is 9.32. The Morgan fingerprint density at radius 3 is 1.29 bits per heavy atom. The Kier molecular flexibility index (Phi) is 4.47. The Bertz CT molecular complexity index is 995. The van der Waals surface area contributed by atoms with Gasteiger partial charge in [0.05, 0.1) is 17.9 Å². The van der Waals surface area contributed by atoms with E-state index in [1.165, 1.54) is 38.5 Å². The highest BCUT2D eigenvalue weighted by atomic mass is 35.5. The molecular weight excluding hydrogens is 500 g/mol. The molecule has 4 N–H and O–H groups in total. The first-order chi connectivity index (χ1) is 18.1. The van der Waals surface area contributed by atoms with Gasteiger partial charge in [-0.2, -0.15) is 0 Å². The summed E-state index contributed by atoms with van der Waals surface area (Å²) in [5.74, 6) is 8.74. The highest BCUT2D eigenvalue weighted by Gasteiger charge is 2.73. The van der Waals surface area contributed by atoms with Crippen LogP contribution in [0.1, 0.15) is 77.0 Å². The molecule has 0 radical (unpaired) electrons. The predicted octanol–water partition coefficient (Wildman–Crippen LogP) is 4.59. The molecule has 14 fully saturated rings. The van der Waals surface area contributed by atoms with Crippen LogP contribution in [-0.4, -0.2) is 35.2 Å². The predicted molar refractivity (Wildman–Crippen MR) is 140 cm³/mol. The second kappa shape index (κ2) is 7.13. The van der Waals surface area contributed by atoms with E-state index in [-0.39, 0.29) is 27.9 Å². The highest BCUT2D eigenvalue weighted by Crippen LogP contribution is 2.76. The van der Waals surface area contributed by atoms with E-state index in [1.807, 2.05) is 0 Å². The molecule has 0 saturated heterocycles. The number of esters is 1. The molecule has 14 aliphatic rings. The number of nitrogens with one attached hydrogen (secondary N) is 1. The summed E-state index contributed by atoms with van der Waals surface area (Å²) in [4.78, 5) is 27.2. The van der Waals surface area contributed by atoms with Gasteiger partial charge < -0.3 is 15.6 Å². The standard InChI is InChI=1S/C16H23NO2.C15H20ClNO2/c1-19-14(18)15-2-8-11-5-16(17)6-12(8)10(4-15)13(7-16)9(11)3-15;16-17-15-4-10-7-1-14(13(18)19)2-8(10)12(6-15)9(3-14)11(7)5-15/h8-13H,2-7,17H2,1H3;7-12,17H,1-6H2,(H,18,19). The summed E-state index contributed by atoms with van der Waals surface area (Å²) in [6, 6.07) is 0. The Balaban J connectivity index is 0.000000111. The number of rotatable bonds is 3. The van der Waals surface area contributed by atoms with Crippen LogP contribution >= 0.6 is 11.8 Å². The minimum absolute atomic E-state index is 0.0861. The lowest BCUT2D eigenvalue weighted by Gasteiger charge is -2.73. The van der Waals surface area contributed by atoms with Crippen molar-refractivity contribution in [1.82, 2.24) is 4.84 Å². The molecule has 0 aliphatic heterocycles. The van der Waals surface area contributed by atoms with Crippen LogP contribution in [0.3, 0.4) is 0 Å². The van der Waals surface area contributed by atoms with Gasteiger partial charge in [0.15, 0.2) is 0 Å². The summed E-state index contributed by atoms with van der Waals surface area (Å²) in [5, 5.41) is 9.70. The summed E-state index contributed by atoms with van der Waals surface area (Å²) in [7, 11) is 1.57. The lowest BCUT2D eigenvalue weighted by Crippen LogP contribution is -2.72. The van der Waals surface area contributed by atoms with Crippen molar-refractivity contribution in [2.24, 2.45) is 87.6 Å². The van der Waals surface area contributed by atoms with E-state index in [2.05, 4.69) is 4.84 Å². The SMILES string of the molecule is COC(=O)C12CC3C4CC5(N)CC3C(C1)C(C5)C4C2.O=C(O)C12CC3C4CC5(NCl)CC3C(C1)C(C5)C4C2. The first-order valence-electron chi connectivity index (χ1n) is 15.6. The average Bonchev–Trinajstić information content (AvgIpc) is 2.92. The van der Waals surface area contributed by atoms with Crippen LogP contribution in [0.25, 0.3) is 0 Å². The molecule has 0 aromatic carbocycles. The first kappa shape index (κ1) is 23.8. The number of carboxylic acids is 1. The van der Waals surface area contributed by atoms with E-state index in [4.69, 9.17) is 22.2 Å². The van der Waals surface area contributed by atoms with Crippen molar-refractivity contribution in [3.8, 4) is 0 Å². The van der Waals surface area contributed by atoms with Gasteiger partial charge in [0.2, 0.25) is 0 Å². The highest BCUT2D eigenvalue weighted by molar-refractivity contribution is 6.13. The van der Waals surface area contributed by atoms with Crippen molar-refractivity contribution >= 4 is 23.7 Å². The van der Waals surface area contributed by atoms with E-state index < -0.39 is 5.97 Å². The summed E-state index contributed by atoms with van der Waals surface area (Å²) in [6.07, 6.45) is 13.5. The topological polar surface area (TPSA) is 102 Å². The number of ether oxygens (including phenoxy) is 1. The maximum Gasteiger partial charge on any atom is 0.311 e. The number of hydrogen-bond donors (Lipinski definition) is 3. The monoisotopic (exact) mass is 542 g/mol. The molecule has 0 unspecified atom stereocenters. The minimum Gasteiger partial charge on any atom is -0.481 e. The van der Waals surface area contributed by atoms with Crippen LogP contribution < -0.4 is 10.6 Å². The molecule has 0 spiro atoms. The maximum atomic E-state index is 12.3. The zero-order chi connectivity index (χ0) is 26.0. The van der Waals surface area contributed by atoms with Crippen LogP contribution in [0.15, 0.2) is 0 Å². The van der Waals surface area contributed by atoms with Gasteiger partial charge in [-0.05, 0) is 160 Å². The molecule has 0 atom stereocenters. The molecule has 6 nitrogen and oxygen atoms in total. The van der Waals surface area contributed by atoms with E-state index in [0.717, 1.165) is 91.8 Å². The van der Waals surface area contributed by atoms with Crippen molar-refractivity contribution in [1.29, 1.82) is 0 Å². The third-order valence-corrected chi connectivity index (χ3v) is 15.8. The molecule has 16 bridgehead atoms. The van der Waals surface area contributed by atoms with E-state index in [9.17, 15) is 14.7 Å². The van der Waals surface area contributed by atoms with Crippen LogP contribution in [0.4, 0.5) is 0 Å². The molecule has 38 heavy (non-hydrogen) atoms. The van der Waals surface area contributed by atoms with E-state index >= 15 is 0 Å². The van der Waals surface area contributed by atoms with Crippen molar-refractivity contribution in [3.63, 3.8) is 0 Å². The number of carbonyl (C=O) groups is 2. The normalized spacial score (nSPS) is 63.8. The Hall–Kier alpha value is -0.850. The zero-order valence-electron chi connectivity index (χ0n) is 22.5. The fourth-order valence-electron chi connectivity index (χ4n) is 14.8. The maximum absolute atomic E-state index is 12.3. The van der Waals surface area contributed by atoms with Crippen molar-refractivity contribution in [2.45, 2.75) is 88.1 Å².